The second-order valence-electron chi connectivity index (χ2n) is 9.58. The largest absolute Gasteiger partial charge is 0.458 e. The molecule has 5 fully saturated rings. The SMILES string of the molecule is C=C(C)C(=O)CCC(=O)OC1(C23CC4CC(CC(C4)C2)C3)CCCC1. The summed E-state index contributed by atoms with van der Waals surface area (Å²) >= 11 is 0. The van der Waals surface area contributed by atoms with Gasteiger partial charge in [-0.15, -0.1) is 0 Å². The molecule has 0 atom stereocenters. The molecule has 0 N–H and O–H groups in total. The van der Waals surface area contributed by atoms with Crippen LogP contribution < -0.4 is 0 Å². The average Bonchev–Trinajstić information content (AvgIpc) is 3.01. The van der Waals surface area contributed by atoms with Gasteiger partial charge in [0.25, 0.3) is 0 Å². The van der Waals surface area contributed by atoms with E-state index in [4.69, 9.17) is 4.74 Å². The minimum atomic E-state index is -0.230. The van der Waals surface area contributed by atoms with E-state index in [2.05, 4.69) is 6.58 Å². The van der Waals surface area contributed by atoms with Gasteiger partial charge in [-0.25, -0.2) is 0 Å². The molecule has 0 radical (unpaired) electrons. The molecular weight excluding hydrogens is 312 g/mol. The number of rotatable bonds is 6. The Morgan fingerprint density at radius 2 is 1.48 bits per heavy atom. The molecule has 0 aromatic heterocycles. The third-order valence-corrected chi connectivity index (χ3v) is 7.76. The van der Waals surface area contributed by atoms with Crippen molar-refractivity contribution in [3.05, 3.63) is 12.2 Å². The van der Waals surface area contributed by atoms with Crippen LogP contribution in [0.3, 0.4) is 0 Å². The van der Waals surface area contributed by atoms with Gasteiger partial charge >= 0.3 is 5.97 Å². The first-order valence-electron chi connectivity index (χ1n) is 10.3. The number of carbonyl (C=O) groups is 2. The van der Waals surface area contributed by atoms with Crippen LogP contribution >= 0.6 is 0 Å². The highest BCUT2D eigenvalue weighted by Gasteiger charge is 2.62. The molecule has 0 aliphatic heterocycles. The van der Waals surface area contributed by atoms with E-state index in [0.717, 1.165) is 30.6 Å². The van der Waals surface area contributed by atoms with Crippen molar-refractivity contribution >= 4 is 11.8 Å². The summed E-state index contributed by atoms with van der Waals surface area (Å²) in [5, 5.41) is 0. The van der Waals surface area contributed by atoms with Gasteiger partial charge in [-0.05, 0) is 94.5 Å². The Hall–Kier alpha value is -1.12. The first-order valence-corrected chi connectivity index (χ1v) is 10.3. The van der Waals surface area contributed by atoms with Gasteiger partial charge in [0, 0.05) is 11.8 Å². The molecule has 0 unspecified atom stereocenters. The number of hydrogen-bond acceptors (Lipinski definition) is 3. The van der Waals surface area contributed by atoms with E-state index < -0.39 is 0 Å². The molecule has 0 saturated heterocycles. The van der Waals surface area contributed by atoms with Crippen molar-refractivity contribution in [2.24, 2.45) is 23.2 Å². The molecule has 5 saturated carbocycles. The van der Waals surface area contributed by atoms with Crippen LogP contribution in [0.25, 0.3) is 0 Å². The maximum absolute atomic E-state index is 12.6. The number of ketones is 1. The van der Waals surface area contributed by atoms with Crippen molar-refractivity contribution in [2.45, 2.75) is 89.6 Å². The molecule has 3 nitrogen and oxygen atoms in total. The van der Waals surface area contributed by atoms with E-state index in [1.807, 2.05) is 0 Å². The lowest BCUT2D eigenvalue weighted by Gasteiger charge is -2.62. The first kappa shape index (κ1) is 17.3. The predicted molar refractivity (Wildman–Crippen MR) is 97.0 cm³/mol. The molecule has 25 heavy (non-hydrogen) atoms. The standard InChI is InChI=1S/C22H32O3/c1-15(2)19(23)5-6-20(24)25-22(7-3-4-8-22)21-12-16-9-17(13-21)11-18(10-16)14-21/h16-18H,1,3-14H2,2H3. The van der Waals surface area contributed by atoms with Gasteiger partial charge in [-0.1, -0.05) is 6.58 Å². The van der Waals surface area contributed by atoms with Crippen LogP contribution in [0.5, 0.6) is 0 Å². The van der Waals surface area contributed by atoms with Gasteiger partial charge in [0.2, 0.25) is 0 Å². The molecule has 138 valence electrons. The normalized spacial score (nSPS) is 37.9. The molecule has 0 aromatic rings. The summed E-state index contributed by atoms with van der Waals surface area (Å²) in [6, 6.07) is 0. The quantitative estimate of drug-likeness (QED) is 0.504. The number of esters is 1. The Morgan fingerprint density at radius 3 is 1.96 bits per heavy atom. The van der Waals surface area contributed by atoms with Crippen LogP contribution in [-0.4, -0.2) is 17.4 Å². The third-order valence-electron chi connectivity index (χ3n) is 7.76. The Bertz CT molecular complexity index is 547. The molecule has 0 aromatic carbocycles. The molecule has 5 rings (SSSR count). The van der Waals surface area contributed by atoms with E-state index in [9.17, 15) is 9.59 Å². The van der Waals surface area contributed by atoms with Crippen LogP contribution in [0, 0.1) is 23.2 Å². The molecule has 4 bridgehead atoms. The zero-order chi connectivity index (χ0) is 17.7. The maximum atomic E-state index is 12.6. The second kappa shape index (κ2) is 6.25. The third kappa shape index (κ3) is 2.98. The fourth-order valence-electron chi connectivity index (χ4n) is 7.05. The minimum absolute atomic E-state index is 0.0211. The summed E-state index contributed by atoms with van der Waals surface area (Å²) < 4.78 is 6.29. The predicted octanol–water partition coefficient (Wildman–Crippen LogP) is 4.98. The highest BCUT2D eigenvalue weighted by molar-refractivity contribution is 5.95. The van der Waals surface area contributed by atoms with Crippen LogP contribution in [0.2, 0.25) is 0 Å². The number of ether oxygens (including phenoxy) is 1. The summed E-state index contributed by atoms with van der Waals surface area (Å²) in [4.78, 5) is 24.4. The van der Waals surface area contributed by atoms with Gasteiger partial charge in [0.05, 0.1) is 6.42 Å². The average molecular weight is 344 g/mol. The molecule has 0 spiro atoms. The monoisotopic (exact) mass is 344 g/mol. The van der Waals surface area contributed by atoms with E-state index in [1.165, 1.54) is 51.4 Å². The van der Waals surface area contributed by atoms with Gasteiger partial charge in [-0.3, -0.25) is 9.59 Å². The van der Waals surface area contributed by atoms with Crippen LogP contribution in [0.4, 0.5) is 0 Å². The second-order valence-corrected chi connectivity index (χ2v) is 9.58. The van der Waals surface area contributed by atoms with E-state index in [1.54, 1.807) is 6.92 Å². The molecule has 0 heterocycles. The smallest absolute Gasteiger partial charge is 0.306 e. The Kier molecular flexibility index (Phi) is 4.32. The number of allylic oxidation sites excluding steroid dienone is 1. The van der Waals surface area contributed by atoms with E-state index in [0.29, 0.717) is 5.57 Å². The zero-order valence-electron chi connectivity index (χ0n) is 15.6. The first-order chi connectivity index (χ1) is 11.9. The van der Waals surface area contributed by atoms with Crippen molar-refractivity contribution in [2.75, 3.05) is 0 Å². The zero-order valence-corrected chi connectivity index (χ0v) is 15.6. The molecule has 0 amide bonds. The molecular formula is C22H32O3. The van der Waals surface area contributed by atoms with E-state index in [-0.39, 0.29) is 35.6 Å². The van der Waals surface area contributed by atoms with Gasteiger partial charge < -0.3 is 4.74 Å². The lowest BCUT2D eigenvalue weighted by Crippen LogP contribution is -2.58. The van der Waals surface area contributed by atoms with Crippen LogP contribution in [-0.2, 0) is 14.3 Å². The molecule has 3 heteroatoms. The van der Waals surface area contributed by atoms with Crippen molar-refractivity contribution in [1.29, 1.82) is 0 Å². The van der Waals surface area contributed by atoms with E-state index >= 15 is 0 Å². The molecule has 5 aliphatic carbocycles. The lowest BCUT2D eigenvalue weighted by atomic mass is 9.45. The lowest BCUT2D eigenvalue weighted by molar-refractivity contribution is -0.208. The van der Waals surface area contributed by atoms with Crippen molar-refractivity contribution < 1.29 is 14.3 Å². The van der Waals surface area contributed by atoms with Gasteiger partial charge in [0.1, 0.15) is 5.60 Å². The van der Waals surface area contributed by atoms with Crippen molar-refractivity contribution in [3.8, 4) is 0 Å². The van der Waals surface area contributed by atoms with Gasteiger partial charge in [-0.2, -0.15) is 0 Å². The summed E-state index contributed by atoms with van der Waals surface area (Å²) in [6.45, 7) is 5.38. The maximum Gasteiger partial charge on any atom is 0.306 e. The van der Waals surface area contributed by atoms with Crippen molar-refractivity contribution in [1.82, 2.24) is 0 Å². The Labute approximate surface area is 151 Å². The Balaban J connectivity index is 1.49. The number of hydrogen-bond donors (Lipinski definition) is 0. The number of carbonyl (C=O) groups excluding carboxylic acids is 2. The van der Waals surface area contributed by atoms with Crippen LogP contribution in [0.15, 0.2) is 12.2 Å². The van der Waals surface area contributed by atoms with Crippen molar-refractivity contribution in [3.63, 3.8) is 0 Å². The fourth-order valence-corrected chi connectivity index (χ4v) is 7.05. The summed E-state index contributed by atoms with van der Waals surface area (Å²) in [5.41, 5.74) is 0.544. The minimum Gasteiger partial charge on any atom is -0.458 e. The summed E-state index contributed by atoms with van der Waals surface area (Å²) in [7, 11) is 0. The fraction of sp³-hybridized carbons (Fsp3) is 0.818. The highest BCUT2D eigenvalue weighted by Crippen LogP contribution is 2.67. The summed E-state index contributed by atoms with van der Waals surface area (Å²) in [5.74, 6) is 2.42. The van der Waals surface area contributed by atoms with Crippen LogP contribution in [0.1, 0.15) is 84.0 Å². The topological polar surface area (TPSA) is 43.4 Å². The molecule has 5 aliphatic rings. The number of Topliss-reactive ketones (excluding diaryl/α,β-unsaturated/α-hetero) is 1. The highest BCUT2D eigenvalue weighted by atomic mass is 16.6. The Morgan fingerprint density at radius 1 is 0.960 bits per heavy atom. The van der Waals surface area contributed by atoms with Gasteiger partial charge in [0.15, 0.2) is 5.78 Å². The summed E-state index contributed by atoms with van der Waals surface area (Å²) in [6.07, 6.45) is 13.0.